The summed E-state index contributed by atoms with van der Waals surface area (Å²) in [7, 11) is 0. The van der Waals surface area contributed by atoms with Crippen molar-refractivity contribution in [3.63, 3.8) is 0 Å². The monoisotopic (exact) mass is 266 g/mol. The fourth-order valence-corrected chi connectivity index (χ4v) is 3.41. The molecule has 0 saturated heterocycles. The van der Waals surface area contributed by atoms with E-state index in [9.17, 15) is 4.79 Å². The SMILES string of the molecule is CCC1CCCC(NC(=O)C(N)c2cccs2)C1. The number of nitrogens with two attached hydrogens (primary N) is 1. The van der Waals surface area contributed by atoms with Gasteiger partial charge in [0.05, 0.1) is 0 Å². The summed E-state index contributed by atoms with van der Waals surface area (Å²) in [5.41, 5.74) is 5.97. The quantitative estimate of drug-likeness (QED) is 0.880. The molecule has 4 heteroatoms. The molecule has 1 fully saturated rings. The molecule has 1 aliphatic rings. The lowest BCUT2D eigenvalue weighted by Crippen LogP contribution is -2.42. The Labute approximate surface area is 113 Å². The molecule has 1 amide bonds. The minimum absolute atomic E-state index is 0.0285. The van der Waals surface area contributed by atoms with E-state index >= 15 is 0 Å². The average Bonchev–Trinajstić information content (AvgIpc) is 2.92. The molecular weight excluding hydrogens is 244 g/mol. The third-order valence-electron chi connectivity index (χ3n) is 3.84. The molecule has 3 N–H and O–H groups in total. The van der Waals surface area contributed by atoms with Crippen molar-refractivity contribution in [1.82, 2.24) is 5.32 Å². The minimum Gasteiger partial charge on any atom is -0.352 e. The predicted molar refractivity (Wildman–Crippen MR) is 75.4 cm³/mol. The Bertz CT molecular complexity index is 377. The van der Waals surface area contributed by atoms with Crippen LogP contribution in [0, 0.1) is 5.92 Å². The van der Waals surface area contributed by atoms with E-state index < -0.39 is 6.04 Å². The van der Waals surface area contributed by atoms with Crippen molar-refractivity contribution in [3.8, 4) is 0 Å². The molecule has 1 aromatic rings. The summed E-state index contributed by atoms with van der Waals surface area (Å²) in [5, 5.41) is 5.07. The highest BCUT2D eigenvalue weighted by Gasteiger charge is 2.24. The van der Waals surface area contributed by atoms with Gasteiger partial charge in [0.25, 0.3) is 0 Å². The van der Waals surface area contributed by atoms with E-state index in [1.165, 1.54) is 19.3 Å². The standard InChI is InChI=1S/C14H22N2OS/c1-2-10-5-3-6-11(9-10)16-14(17)13(15)12-7-4-8-18-12/h4,7-8,10-11,13H,2-3,5-6,9,15H2,1H3,(H,16,17). The summed E-state index contributed by atoms with van der Waals surface area (Å²) in [4.78, 5) is 13.0. The molecule has 100 valence electrons. The fraction of sp³-hybridized carbons (Fsp3) is 0.643. The van der Waals surface area contributed by atoms with Gasteiger partial charge >= 0.3 is 0 Å². The van der Waals surface area contributed by atoms with Crippen LogP contribution in [0.4, 0.5) is 0 Å². The lowest BCUT2D eigenvalue weighted by molar-refractivity contribution is -0.123. The van der Waals surface area contributed by atoms with Crippen LogP contribution in [0.1, 0.15) is 49.9 Å². The molecule has 1 aromatic heterocycles. The summed E-state index contributed by atoms with van der Waals surface area (Å²) >= 11 is 1.54. The van der Waals surface area contributed by atoms with Crippen molar-refractivity contribution >= 4 is 17.2 Å². The number of hydrogen-bond donors (Lipinski definition) is 2. The van der Waals surface area contributed by atoms with Crippen LogP contribution >= 0.6 is 11.3 Å². The zero-order valence-corrected chi connectivity index (χ0v) is 11.7. The van der Waals surface area contributed by atoms with Gasteiger partial charge in [0.15, 0.2) is 0 Å². The van der Waals surface area contributed by atoms with E-state index in [2.05, 4.69) is 12.2 Å². The van der Waals surface area contributed by atoms with Crippen LogP contribution in [0.2, 0.25) is 0 Å². The van der Waals surface area contributed by atoms with Gasteiger partial charge in [-0.05, 0) is 30.2 Å². The van der Waals surface area contributed by atoms with Gasteiger partial charge in [0.2, 0.25) is 5.91 Å². The molecule has 3 nitrogen and oxygen atoms in total. The van der Waals surface area contributed by atoms with E-state index in [1.54, 1.807) is 11.3 Å². The molecule has 3 unspecified atom stereocenters. The largest absolute Gasteiger partial charge is 0.352 e. The summed E-state index contributed by atoms with van der Waals surface area (Å²) in [6.07, 6.45) is 5.94. The second-order valence-corrected chi connectivity index (χ2v) is 6.12. The molecule has 2 rings (SSSR count). The second kappa shape index (κ2) is 6.34. The molecule has 0 radical (unpaired) electrons. The van der Waals surface area contributed by atoms with Gasteiger partial charge < -0.3 is 11.1 Å². The molecular formula is C14H22N2OS. The van der Waals surface area contributed by atoms with E-state index in [4.69, 9.17) is 5.73 Å². The molecule has 0 aromatic carbocycles. The second-order valence-electron chi connectivity index (χ2n) is 5.14. The molecule has 18 heavy (non-hydrogen) atoms. The Hall–Kier alpha value is -0.870. The number of thiophene rings is 1. The van der Waals surface area contributed by atoms with Gasteiger partial charge in [-0.15, -0.1) is 11.3 Å². The minimum atomic E-state index is -0.507. The van der Waals surface area contributed by atoms with Crippen molar-refractivity contribution < 1.29 is 4.79 Å². The van der Waals surface area contributed by atoms with Gasteiger partial charge in [0.1, 0.15) is 6.04 Å². The predicted octanol–water partition coefficient (Wildman–Crippen LogP) is 2.83. The van der Waals surface area contributed by atoms with Gasteiger partial charge in [-0.25, -0.2) is 0 Å². The summed E-state index contributed by atoms with van der Waals surface area (Å²) in [6, 6.07) is 3.67. The summed E-state index contributed by atoms with van der Waals surface area (Å²) < 4.78 is 0. The number of carbonyl (C=O) groups excluding carboxylic acids is 1. The van der Waals surface area contributed by atoms with Crippen LogP contribution < -0.4 is 11.1 Å². The first-order valence-corrected chi connectivity index (χ1v) is 7.68. The van der Waals surface area contributed by atoms with Gasteiger partial charge in [-0.1, -0.05) is 32.3 Å². The summed E-state index contributed by atoms with van der Waals surface area (Å²) in [6.45, 7) is 2.23. The van der Waals surface area contributed by atoms with Crippen molar-refractivity contribution in [2.24, 2.45) is 11.7 Å². The number of hydrogen-bond acceptors (Lipinski definition) is 3. The fourth-order valence-electron chi connectivity index (χ4n) is 2.68. The Morgan fingerprint density at radius 2 is 2.44 bits per heavy atom. The maximum Gasteiger partial charge on any atom is 0.242 e. The Morgan fingerprint density at radius 1 is 1.61 bits per heavy atom. The van der Waals surface area contributed by atoms with Gasteiger partial charge in [-0.2, -0.15) is 0 Å². The Balaban J connectivity index is 1.87. The maximum atomic E-state index is 12.1. The van der Waals surface area contributed by atoms with E-state index in [0.29, 0.717) is 6.04 Å². The zero-order chi connectivity index (χ0) is 13.0. The third kappa shape index (κ3) is 3.33. The average molecular weight is 266 g/mol. The molecule has 0 aliphatic heterocycles. The van der Waals surface area contributed by atoms with Gasteiger partial charge in [0, 0.05) is 10.9 Å². The van der Waals surface area contributed by atoms with Gasteiger partial charge in [-0.3, -0.25) is 4.79 Å². The molecule has 1 aliphatic carbocycles. The Kier molecular flexibility index (Phi) is 4.78. The zero-order valence-electron chi connectivity index (χ0n) is 10.9. The molecule has 1 saturated carbocycles. The van der Waals surface area contributed by atoms with Crippen molar-refractivity contribution in [1.29, 1.82) is 0 Å². The molecule has 0 spiro atoms. The smallest absolute Gasteiger partial charge is 0.242 e. The van der Waals surface area contributed by atoms with Crippen LogP contribution in [-0.2, 0) is 4.79 Å². The first-order chi connectivity index (χ1) is 8.70. The van der Waals surface area contributed by atoms with Crippen molar-refractivity contribution in [2.45, 2.75) is 51.1 Å². The normalized spacial score (nSPS) is 25.7. The topological polar surface area (TPSA) is 55.1 Å². The number of nitrogens with one attached hydrogen (secondary N) is 1. The first kappa shape index (κ1) is 13.6. The van der Waals surface area contributed by atoms with Crippen LogP contribution in [0.5, 0.6) is 0 Å². The van der Waals surface area contributed by atoms with Crippen LogP contribution in [-0.4, -0.2) is 11.9 Å². The highest BCUT2D eigenvalue weighted by molar-refractivity contribution is 7.10. The summed E-state index contributed by atoms with van der Waals surface area (Å²) in [5.74, 6) is 0.737. The van der Waals surface area contributed by atoms with Crippen molar-refractivity contribution in [3.05, 3.63) is 22.4 Å². The molecule has 1 heterocycles. The highest BCUT2D eigenvalue weighted by Crippen LogP contribution is 2.27. The molecule has 0 bridgehead atoms. The third-order valence-corrected chi connectivity index (χ3v) is 4.79. The molecule has 3 atom stereocenters. The first-order valence-electron chi connectivity index (χ1n) is 6.80. The number of amides is 1. The Morgan fingerprint density at radius 3 is 3.11 bits per heavy atom. The van der Waals surface area contributed by atoms with Crippen LogP contribution in [0.25, 0.3) is 0 Å². The lowest BCUT2D eigenvalue weighted by atomic mass is 9.84. The van der Waals surface area contributed by atoms with E-state index in [0.717, 1.165) is 23.6 Å². The lowest BCUT2D eigenvalue weighted by Gasteiger charge is -2.29. The van der Waals surface area contributed by atoms with Crippen molar-refractivity contribution in [2.75, 3.05) is 0 Å². The number of carbonyl (C=O) groups is 1. The van der Waals surface area contributed by atoms with Crippen LogP contribution in [0.3, 0.4) is 0 Å². The van der Waals surface area contributed by atoms with E-state index in [1.807, 2.05) is 17.5 Å². The maximum absolute atomic E-state index is 12.1. The number of rotatable bonds is 4. The van der Waals surface area contributed by atoms with E-state index in [-0.39, 0.29) is 5.91 Å². The van der Waals surface area contributed by atoms with Crippen LogP contribution in [0.15, 0.2) is 17.5 Å². The highest BCUT2D eigenvalue weighted by atomic mass is 32.1.